The average Bonchev–Trinajstić information content (AvgIpc) is 1.96. The summed E-state index contributed by atoms with van der Waals surface area (Å²) in [5.41, 5.74) is 0. The van der Waals surface area contributed by atoms with E-state index in [-0.39, 0.29) is 23.5 Å². The van der Waals surface area contributed by atoms with Gasteiger partial charge in [-0.15, -0.1) is 12.6 Å². The second-order valence-electron chi connectivity index (χ2n) is 2.57. The smallest absolute Gasteiger partial charge is 0.306 e. The van der Waals surface area contributed by atoms with Crippen LogP contribution in [0.3, 0.4) is 0 Å². The Bertz CT molecular complexity index is 227. The van der Waals surface area contributed by atoms with Gasteiger partial charge in [-0.2, -0.15) is 0 Å². The molecule has 0 bridgehead atoms. The molecule has 0 aromatic rings. The molecule has 0 aromatic heterocycles. The number of thiocarbonyl (C=S) groups is 1. The van der Waals surface area contributed by atoms with Crippen LogP contribution in [0.15, 0.2) is 0 Å². The normalized spacial score (nSPS) is 12.1. The van der Waals surface area contributed by atoms with Crippen LogP contribution in [0.1, 0.15) is 19.3 Å². The summed E-state index contributed by atoms with van der Waals surface area (Å²) in [6.45, 7) is 0. The van der Waals surface area contributed by atoms with E-state index in [1.165, 1.54) is 0 Å². The summed E-state index contributed by atoms with van der Waals surface area (Å²) in [6, 6.07) is 0. The molecule has 0 heterocycles. The van der Waals surface area contributed by atoms with Crippen LogP contribution in [0.25, 0.3) is 0 Å². The van der Waals surface area contributed by atoms with Crippen LogP contribution < -0.4 is 0 Å². The van der Waals surface area contributed by atoms with Gasteiger partial charge in [0.15, 0.2) is 0 Å². The highest BCUT2D eigenvalue weighted by Crippen LogP contribution is 2.14. The molecule has 0 saturated heterocycles. The molecule has 0 aliphatic rings. The maximum atomic E-state index is 10.6. The quantitative estimate of drug-likeness (QED) is 0.465. The Morgan fingerprint density at radius 1 is 1.38 bits per heavy atom. The van der Waals surface area contributed by atoms with Crippen molar-refractivity contribution in [2.45, 2.75) is 19.3 Å². The van der Waals surface area contributed by atoms with Crippen molar-refractivity contribution < 1.29 is 19.8 Å². The van der Waals surface area contributed by atoms with Gasteiger partial charge in [0.2, 0.25) is 0 Å². The van der Waals surface area contributed by atoms with E-state index in [0.717, 1.165) is 0 Å². The molecule has 0 aliphatic carbocycles. The Labute approximate surface area is 86.4 Å². The Hall–Kier alpha value is -0.620. The van der Waals surface area contributed by atoms with E-state index in [4.69, 9.17) is 10.2 Å². The lowest BCUT2D eigenvalue weighted by Gasteiger charge is -2.08. The maximum absolute atomic E-state index is 10.6. The first-order chi connectivity index (χ1) is 5.93. The summed E-state index contributed by atoms with van der Waals surface area (Å²) in [5.74, 6) is -2.77. The molecular weight excluding hydrogens is 212 g/mol. The summed E-state index contributed by atoms with van der Waals surface area (Å²) in [6.07, 6.45) is 0.0692. The molecule has 0 aromatic carbocycles. The largest absolute Gasteiger partial charge is 0.481 e. The van der Waals surface area contributed by atoms with E-state index >= 15 is 0 Å². The van der Waals surface area contributed by atoms with Gasteiger partial charge in [0.05, 0.1) is 5.92 Å². The third-order valence-electron chi connectivity index (χ3n) is 1.48. The summed E-state index contributed by atoms with van der Waals surface area (Å²) in [7, 11) is 0. The van der Waals surface area contributed by atoms with Crippen LogP contribution in [-0.4, -0.2) is 26.3 Å². The summed E-state index contributed by atoms with van der Waals surface area (Å²) < 4.78 is 0.290. The van der Waals surface area contributed by atoms with Crippen molar-refractivity contribution in [2.24, 2.45) is 5.92 Å². The molecule has 74 valence electrons. The van der Waals surface area contributed by atoms with Gasteiger partial charge in [-0.05, 0) is 6.42 Å². The Kier molecular flexibility index (Phi) is 5.65. The third kappa shape index (κ3) is 6.53. The summed E-state index contributed by atoms with van der Waals surface area (Å²) in [5, 5.41) is 17.0. The monoisotopic (exact) mass is 222 g/mol. The fourth-order valence-electron chi connectivity index (χ4n) is 0.821. The van der Waals surface area contributed by atoms with E-state index in [2.05, 4.69) is 24.8 Å². The van der Waals surface area contributed by atoms with Crippen LogP contribution in [-0.2, 0) is 9.59 Å². The Morgan fingerprint density at radius 3 is 2.23 bits per heavy atom. The predicted molar refractivity (Wildman–Crippen MR) is 54.2 cm³/mol. The molecule has 0 saturated carbocycles. The number of hydrogen-bond acceptors (Lipinski definition) is 3. The number of hydrogen-bond donors (Lipinski definition) is 3. The first-order valence-electron chi connectivity index (χ1n) is 3.60. The van der Waals surface area contributed by atoms with E-state index in [1.807, 2.05) is 0 Å². The minimum absolute atomic E-state index is 0.0887. The number of rotatable bonds is 6. The second kappa shape index (κ2) is 5.93. The van der Waals surface area contributed by atoms with Crippen LogP contribution in [0.2, 0.25) is 0 Å². The minimum Gasteiger partial charge on any atom is -0.481 e. The van der Waals surface area contributed by atoms with E-state index in [0.29, 0.717) is 0 Å². The SMILES string of the molecule is O=C(O)CCC(CC(=S)S)C(=O)O. The topological polar surface area (TPSA) is 74.6 Å². The maximum Gasteiger partial charge on any atom is 0.306 e. The van der Waals surface area contributed by atoms with E-state index in [9.17, 15) is 9.59 Å². The molecule has 2 N–H and O–H groups in total. The van der Waals surface area contributed by atoms with Gasteiger partial charge in [-0.3, -0.25) is 9.59 Å². The Balaban J connectivity index is 4.02. The van der Waals surface area contributed by atoms with Crippen molar-refractivity contribution in [1.82, 2.24) is 0 Å². The molecule has 1 unspecified atom stereocenters. The van der Waals surface area contributed by atoms with Gasteiger partial charge in [0.1, 0.15) is 0 Å². The van der Waals surface area contributed by atoms with Crippen molar-refractivity contribution in [2.75, 3.05) is 0 Å². The van der Waals surface area contributed by atoms with Gasteiger partial charge in [0.25, 0.3) is 0 Å². The van der Waals surface area contributed by atoms with Gasteiger partial charge in [0, 0.05) is 17.0 Å². The lowest BCUT2D eigenvalue weighted by Crippen LogP contribution is -2.16. The van der Waals surface area contributed by atoms with Gasteiger partial charge in [-0.25, -0.2) is 0 Å². The molecule has 0 radical (unpaired) electrons. The lowest BCUT2D eigenvalue weighted by molar-refractivity contribution is -0.142. The highest BCUT2D eigenvalue weighted by atomic mass is 32.1. The highest BCUT2D eigenvalue weighted by molar-refractivity contribution is 8.11. The molecule has 0 aliphatic heterocycles. The van der Waals surface area contributed by atoms with Crippen molar-refractivity contribution in [3.63, 3.8) is 0 Å². The zero-order chi connectivity index (χ0) is 10.4. The van der Waals surface area contributed by atoms with Gasteiger partial charge < -0.3 is 10.2 Å². The van der Waals surface area contributed by atoms with Crippen molar-refractivity contribution in [3.8, 4) is 0 Å². The molecule has 6 heteroatoms. The number of carboxylic acid groups (broad SMARTS) is 2. The molecule has 13 heavy (non-hydrogen) atoms. The first-order valence-corrected chi connectivity index (χ1v) is 4.45. The highest BCUT2D eigenvalue weighted by Gasteiger charge is 2.19. The molecule has 0 spiro atoms. The zero-order valence-electron chi connectivity index (χ0n) is 6.77. The van der Waals surface area contributed by atoms with Crippen LogP contribution in [0.5, 0.6) is 0 Å². The fraction of sp³-hybridized carbons (Fsp3) is 0.571. The van der Waals surface area contributed by atoms with Crippen LogP contribution in [0.4, 0.5) is 0 Å². The Morgan fingerprint density at radius 2 is 1.92 bits per heavy atom. The fourth-order valence-corrected chi connectivity index (χ4v) is 1.24. The van der Waals surface area contributed by atoms with Crippen LogP contribution >= 0.6 is 24.8 Å². The average molecular weight is 222 g/mol. The number of aliphatic carboxylic acids is 2. The van der Waals surface area contributed by atoms with Gasteiger partial charge >= 0.3 is 11.9 Å². The predicted octanol–water partition coefficient (Wildman–Crippen LogP) is 1.20. The summed E-state index contributed by atoms with van der Waals surface area (Å²) >= 11 is 8.42. The molecule has 0 amide bonds. The number of thiol groups is 1. The van der Waals surface area contributed by atoms with Crippen molar-refractivity contribution in [3.05, 3.63) is 0 Å². The first kappa shape index (κ1) is 12.4. The van der Waals surface area contributed by atoms with Crippen LogP contribution in [0, 0.1) is 5.92 Å². The third-order valence-corrected chi connectivity index (χ3v) is 1.83. The van der Waals surface area contributed by atoms with Gasteiger partial charge in [-0.1, -0.05) is 12.2 Å². The van der Waals surface area contributed by atoms with E-state index < -0.39 is 17.9 Å². The van der Waals surface area contributed by atoms with Crippen molar-refractivity contribution >= 4 is 41.0 Å². The second-order valence-corrected chi connectivity index (χ2v) is 3.90. The van der Waals surface area contributed by atoms with Crippen molar-refractivity contribution in [1.29, 1.82) is 0 Å². The van der Waals surface area contributed by atoms with E-state index in [1.54, 1.807) is 0 Å². The molecule has 0 rings (SSSR count). The lowest BCUT2D eigenvalue weighted by atomic mass is 10.0. The number of carbonyl (C=O) groups is 2. The molecule has 1 atom stereocenters. The number of carboxylic acids is 2. The minimum atomic E-state index is -1.03. The molecular formula is C7H10O4S2. The molecule has 4 nitrogen and oxygen atoms in total. The zero-order valence-corrected chi connectivity index (χ0v) is 8.48. The summed E-state index contributed by atoms with van der Waals surface area (Å²) in [4.78, 5) is 20.7. The standard InChI is InChI=1S/C7H10O4S2/c8-5(9)2-1-4(7(10)11)3-6(12)13/h4H,1-3H2,(H,8,9)(H,10,11)(H,12,13). The molecule has 0 fully saturated rings.